The standard InChI is InChI=1S/C28H24BrN3O2/c1-2-32-25-17-22(29)13-14-23(25)27(31-32)24-15-16-26(33-18-20-9-5-3-6-10-20)30-28(24)34-19-21-11-7-4-8-12-21/h3-17H,2,18-19H2,1H3. The molecule has 0 aliphatic heterocycles. The molecule has 0 unspecified atom stereocenters. The Bertz CT molecular complexity index is 1400. The van der Waals surface area contributed by atoms with Crippen molar-refractivity contribution in [1.82, 2.24) is 14.8 Å². The van der Waals surface area contributed by atoms with Crippen LogP contribution >= 0.6 is 15.9 Å². The molecule has 3 aromatic carbocycles. The maximum absolute atomic E-state index is 6.24. The Labute approximate surface area is 207 Å². The summed E-state index contributed by atoms with van der Waals surface area (Å²) in [6, 6.07) is 30.2. The van der Waals surface area contributed by atoms with Gasteiger partial charge in [-0.05, 0) is 42.3 Å². The molecule has 0 amide bonds. The van der Waals surface area contributed by atoms with Crippen LogP contribution in [0.5, 0.6) is 11.8 Å². The molecule has 0 spiro atoms. The second kappa shape index (κ2) is 10.1. The van der Waals surface area contributed by atoms with Gasteiger partial charge in [-0.2, -0.15) is 10.1 Å². The number of halogens is 1. The number of aryl methyl sites for hydroxylation is 1. The fourth-order valence-electron chi connectivity index (χ4n) is 3.84. The lowest BCUT2D eigenvalue weighted by Crippen LogP contribution is -2.03. The third-order valence-electron chi connectivity index (χ3n) is 5.55. The summed E-state index contributed by atoms with van der Waals surface area (Å²) >= 11 is 3.58. The van der Waals surface area contributed by atoms with Gasteiger partial charge in [-0.25, -0.2) is 0 Å². The van der Waals surface area contributed by atoms with Gasteiger partial charge in [-0.15, -0.1) is 0 Å². The molecule has 34 heavy (non-hydrogen) atoms. The third kappa shape index (κ3) is 4.82. The Balaban J connectivity index is 1.52. The van der Waals surface area contributed by atoms with Crippen LogP contribution in [0.15, 0.2) is 95.5 Å². The Morgan fingerprint density at radius 1 is 0.794 bits per heavy atom. The number of rotatable bonds is 8. The zero-order valence-electron chi connectivity index (χ0n) is 18.8. The number of benzene rings is 3. The predicted molar refractivity (Wildman–Crippen MR) is 138 cm³/mol. The van der Waals surface area contributed by atoms with Crippen LogP contribution in [-0.2, 0) is 19.8 Å². The molecule has 170 valence electrons. The lowest BCUT2D eigenvalue weighted by molar-refractivity contribution is 0.268. The summed E-state index contributed by atoms with van der Waals surface area (Å²) in [6.07, 6.45) is 0. The molecule has 2 heterocycles. The minimum Gasteiger partial charge on any atom is -0.473 e. The number of aromatic nitrogens is 3. The number of ether oxygens (including phenoxy) is 2. The van der Waals surface area contributed by atoms with E-state index in [0.717, 1.165) is 44.3 Å². The zero-order chi connectivity index (χ0) is 23.3. The molecule has 0 bridgehead atoms. The SMILES string of the molecule is CCn1nc(-c2ccc(OCc3ccccc3)nc2OCc2ccccc2)c2ccc(Br)cc21. The van der Waals surface area contributed by atoms with Gasteiger partial charge in [-0.1, -0.05) is 76.6 Å². The van der Waals surface area contributed by atoms with Crippen LogP contribution in [0, 0.1) is 0 Å². The van der Waals surface area contributed by atoms with Gasteiger partial charge in [0, 0.05) is 22.5 Å². The highest BCUT2D eigenvalue weighted by atomic mass is 79.9. The van der Waals surface area contributed by atoms with Crippen LogP contribution in [0.25, 0.3) is 22.2 Å². The largest absolute Gasteiger partial charge is 0.473 e. The van der Waals surface area contributed by atoms with Gasteiger partial charge in [0.15, 0.2) is 0 Å². The molecule has 0 atom stereocenters. The predicted octanol–water partition coefficient (Wildman–Crippen LogP) is 7.04. The van der Waals surface area contributed by atoms with Gasteiger partial charge in [0.2, 0.25) is 11.8 Å². The third-order valence-corrected chi connectivity index (χ3v) is 6.04. The summed E-state index contributed by atoms with van der Waals surface area (Å²) in [4.78, 5) is 4.74. The first kappa shape index (κ1) is 22.2. The van der Waals surface area contributed by atoms with Crippen molar-refractivity contribution < 1.29 is 9.47 Å². The van der Waals surface area contributed by atoms with E-state index in [0.29, 0.717) is 25.0 Å². The summed E-state index contributed by atoms with van der Waals surface area (Å²) < 4.78 is 15.2. The van der Waals surface area contributed by atoms with Crippen molar-refractivity contribution in [3.63, 3.8) is 0 Å². The highest BCUT2D eigenvalue weighted by molar-refractivity contribution is 9.10. The molecule has 0 radical (unpaired) electrons. The minimum absolute atomic E-state index is 0.404. The Morgan fingerprint density at radius 3 is 2.15 bits per heavy atom. The van der Waals surface area contributed by atoms with E-state index < -0.39 is 0 Å². The second-order valence-electron chi connectivity index (χ2n) is 7.88. The molecule has 5 nitrogen and oxygen atoms in total. The summed E-state index contributed by atoms with van der Waals surface area (Å²) in [6.45, 7) is 3.69. The van der Waals surface area contributed by atoms with Gasteiger partial charge in [0.1, 0.15) is 18.9 Å². The molecule has 5 aromatic rings. The molecule has 0 aliphatic carbocycles. The van der Waals surface area contributed by atoms with E-state index in [9.17, 15) is 0 Å². The van der Waals surface area contributed by atoms with E-state index in [4.69, 9.17) is 19.6 Å². The first-order chi connectivity index (χ1) is 16.7. The van der Waals surface area contributed by atoms with Crippen LogP contribution in [-0.4, -0.2) is 14.8 Å². The number of hydrogen-bond acceptors (Lipinski definition) is 4. The Morgan fingerprint density at radius 2 is 1.47 bits per heavy atom. The summed E-state index contributed by atoms with van der Waals surface area (Å²) in [5.41, 5.74) is 4.89. The lowest BCUT2D eigenvalue weighted by atomic mass is 10.1. The van der Waals surface area contributed by atoms with E-state index in [2.05, 4.69) is 35.0 Å². The molecule has 0 N–H and O–H groups in total. The van der Waals surface area contributed by atoms with Crippen LogP contribution in [0.2, 0.25) is 0 Å². The highest BCUT2D eigenvalue weighted by Gasteiger charge is 2.18. The van der Waals surface area contributed by atoms with Gasteiger partial charge >= 0.3 is 0 Å². The van der Waals surface area contributed by atoms with E-state index in [1.54, 1.807) is 0 Å². The van der Waals surface area contributed by atoms with Crippen LogP contribution in [0.3, 0.4) is 0 Å². The van der Waals surface area contributed by atoms with Gasteiger partial charge in [-0.3, -0.25) is 4.68 Å². The van der Waals surface area contributed by atoms with Crippen molar-refractivity contribution in [3.05, 3.63) is 107 Å². The monoisotopic (exact) mass is 513 g/mol. The van der Waals surface area contributed by atoms with Crippen molar-refractivity contribution in [1.29, 1.82) is 0 Å². The summed E-state index contributed by atoms with van der Waals surface area (Å²) in [5, 5.41) is 5.94. The van der Waals surface area contributed by atoms with Crippen molar-refractivity contribution in [2.45, 2.75) is 26.7 Å². The maximum Gasteiger partial charge on any atom is 0.226 e. The van der Waals surface area contributed by atoms with E-state index >= 15 is 0 Å². The quantitative estimate of drug-likeness (QED) is 0.223. The first-order valence-electron chi connectivity index (χ1n) is 11.2. The number of hydrogen-bond donors (Lipinski definition) is 0. The van der Waals surface area contributed by atoms with Gasteiger partial charge in [0.05, 0.1) is 11.1 Å². The van der Waals surface area contributed by atoms with Crippen LogP contribution in [0.1, 0.15) is 18.1 Å². The molecule has 5 rings (SSSR count). The summed E-state index contributed by atoms with van der Waals surface area (Å²) in [7, 11) is 0. The van der Waals surface area contributed by atoms with Gasteiger partial charge in [0.25, 0.3) is 0 Å². The van der Waals surface area contributed by atoms with Crippen molar-refractivity contribution in [3.8, 4) is 23.0 Å². The molecular weight excluding hydrogens is 490 g/mol. The molecule has 0 saturated heterocycles. The van der Waals surface area contributed by atoms with E-state index in [1.165, 1.54) is 0 Å². The van der Waals surface area contributed by atoms with E-state index in [-0.39, 0.29) is 0 Å². The number of fused-ring (bicyclic) bond motifs is 1. The molecule has 0 aliphatic rings. The smallest absolute Gasteiger partial charge is 0.226 e. The number of nitrogens with zero attached hydrogens (tertiary/aromatic N) is 3. The average molecular weight is 514 g/mol. The zero-order valence-corrected chi connectivity index (χ0v) is 20.4. The maximum atomic E-state index is 6.24. The highest BCUT2D eigenvalue weighted by Crippen LogP contribution is 2.36. The fourth-order valence-corrected chi connectivity index (χ4v) is 4.19. The Hall–Kier alpha value is -3.64. The summed E-state index contributed by atoms with van der Waals surface area (Å²) in [5.74, 6) is 1.01. The van der Waals surface area contributed by atoms with Crippen molar-refractivity contribution in [2.24, 2.45) is 0 Å². The molecular formula is C28H24BrN3O2. The lowest BCUT2D eigenvalue weighted by Gasteiger charge is -2.12. The van der Waals surface area contributed by atoms with E-state index in [1.807, 2.05) is 83.5 Å². The van der Waals surface area contributed by atoms with Crippen molar-refractivity contribution >= 4 is 26.8 Å². The van der Waals surface area contributed by atoms with Crippen molar-refractivity contribution in [2.75, 3.05) is 0 Å². The van der Waals surface area contributed by atoms with Crippen LogP contribution in [0.4, 0.5) is 0 Å². The van der Waals surface area contributed by atoms with Crippen LogP contribution < -0.4 is 9.47 Å². The normalized spacial score (nSPS) is 11.0. The minimum atomic E-state index is 0.404. The fraction of sp³-hybridized carbons (Fsp3) is 0.143. The van der Waals surface area contributed by atoms with Gasteiger partial charge < -0.3 is 9.47 Å². The molecule has 2 aromatic heterocycles. The average Bonchev–Trinajstić information content (AvgIpc) is 3.25. The second-order valence-corrected chi connectivity index (χ2v) is 8.79. The topological polar surface area (TPSA) is 49.2 Å². The molecule has 0 saturated carbocycles. The number of pyridine rings is 1. The molecule has 6 heteroatoms. The molecule has 0 fully saturated rings. The first-order valence-corrected chi connectivity index (χ1v) is 12.0. The Kier molecular flexibility index (Phi) is 6.58.